The highest BCUT2D eigenvalue weighted by Gasteiger charge is 2.11. The second kappa shape index (κ2) is 15.5. The zero-order chi connectivity index (χ0) is 14.2. The van der Waals surface area contributed by atoms with Gasteiger partial charge in [-0.1, -0.05) is 51.9 Å². The van der Waals surface area contributed by atoms with Crippen LogP contribution in [0.5, 0.6) is 0 Å². The van der Waals surface area contributed by atoms with Crippen LogP contribution in [0.4, 0.5) is 0 Å². The van der Waals surface area contributed by atoms with Gasteiger partial charge in [0.05, 0.1) is 19.6 Å². The second-order valence-electron chi connectivity index (χ2n) is 5.89. The monoisotopic (exact) mass is 266 g/mol. The fraction of sp³-hybridized carbons (Fsp3) is 0.941. The maximum Gasteiger partial charge on any atom is 0.0770 e. The summed E-state index contributed by atoms with van der Waals surface area (Å²) in [4.78, 5) is 1.89. The highest BCUT2D eigenvalue weighted by molar-refractivity contribution is 4.49. The largest absolute Gasteiger partial charge is 0.512 e. The summed E-state index contributed by atoms with van der Waals surface area (Å²) < 4.78 is 0. The summed E-state index contributed by atoms with van der Waals surface area (Å²) in [6.45, 7) is 11.4. The Morgan fingerprint density at radius 2 is 1.21 bits per heavy atom. The topological polar surface area (TPSA) is 28.2 Å². The van der Waals surface area contributed by atoms with Gasteiger partial charge in [0.1, 0.15) is 0 Å². The summed E-state index contributed by atoms with van der Waals surface area (Å²) in [6, 6.07) is 0. The van der Waals surface area contributed by atoms with E-state index in [0.29, 0.717) is 0 Å². The van der Waals surface area contributed by atoms with Gasteiger partial charge in [0.15, 0.2) is 0 Å². The molecule has 0 unspecified atom stereocenters. The molecule has 0 bridgehead atoms. The van der Waals surface area contributed by atoms with Crippen LogP contribution in [0.15, 0.2) is 0 Å². The van der Waals surface area contributed by atoms with E-state index >= 15 is 0 Å². The highest BCUT2D eigenvalue weighted by atomic mass is 15.1. The molecule has 0 aliphatic carbocycles. The van der Waals surface area contributed by atoms with Gasteiger partial charge < -0.3 is 16.7 Å². The SMILES string of the molecule is CCCCCCCCCCC[NH+]1CCCCC1.[C-]#N. The standard InChI is InChI=1S/C16H33N.CN/c1-2-3-4-5-6-7-8-9-11-14-17-15-12-10-13-16-17;1-2/h2-16H2,1H3;/q;-1/p+1. The first-order chi connectivity index (χ1) is 9.43. The molecule has 1 aliphatic heterocycles. The Hall–Kier alpha value is -0.550. The van der Waals surface area contributed by atoms with Crippen molar-refractivity contribution in [2.45, 2.75) is 84.0 Å². The average molecular weight is 266 g/mol. The van der Waals surface area contributed by atoms with Crippen LogP contribution in [-0.2, 0) is 0 Å². The molecular weight excluding hydrogens is 232 g/mol. The van der Waals surface area contributed by atoms with E-state index in [1.807, 2.05) is 4.90 Å². The van der Waals surface area contributed by atoms with Crippen molar-refractivity contribution in [1.82, 2.24) is 0 Å². The summed E-state index contributed by atoms with van der Waals surface area (Å²) in [5.74, 6) is 0. The van der Waals surface area contributed by atoms with Gasteiger partial charge in [-0.05, 0) is 32.1 Å². The van der Waals surface area contributed by atoms with Gasteiger partial charge in [-0.2, -0.15) is 0 Å². The molecule has 0 aromatic heterocycles. The van der Waals surface area contributed by atoms with Crippen LogP contribution in [-0.4, -0.2) is 19.6 Å². The Kier molecular flexibility index (Phi) is 15.1. The van der Waals surface area contributed by atoms with Gasteiger partial charge in [0.2, 0.25) is 0 Å². The maximum atomic E-state index is 6.25. The minimum absolute atomic E-state index is 1.37. The first-order valence-corrected chi connectivity index (χ1v) is 8.49. The van der Waals surface area contributed by atoms with Crippen LogP contribution >= 0.6 is 0 Å². The van der Waals surface area contributed by atoms with E-state index in [4.69, 9.17) is 11.8 Å². The lowest BCUT2D eigenvalue weighted by Gasteiger charge is -2.23. The van der Waals surface area contributed by atoms with Crippen molar-refractivity contribution in [2.24, 2.45) is 0 Å². The zero-order valence-corrected chi connectivity index (χ0v) is 13.1. The van der Waals surface area contributed by atoms with E-state index in [2.05, 4.69) is 6.92 Å². The van der Waals surface area contributed by atoms with E-state index in [1.54, 1.807) is 0 Å². The van der Waals surface area contributed by atoms with Crippen molar-refractivity contribution in [3.63, 3.8) is 0 Å². The summed E-state index contributed by atoms with van der Waals surface area (Å²) in [5.41, 5.74) is 0. The number of likely N-dealkylation sites (tertiary alicyclic amines) is 1. The molecule has 0 atom stereocenters. The number of nitrogens with zero attached hydrogens (tertiary/aromatic N) is 1. The summed E-state index contributed by atoms with van der Waals surface area (Å²) in [6.07, 6.45) is 17.6. The fourth-order valence-corrected chi connectivity index (χ4v) is 2.99. The number of unbranched alkanes of at least 4 members (excludes halogenated alkanes) is 8. The molecule has 0 aromatic carbocycles. The Morgan fingerprint density at radius 1 is 0.737 bits per heavy atom. The fourth-order valence-electron chi connectivity index (χ4n) is 2.99. The highest BCUT2D eigenvalue weighted by Crippen LogP contribution is 2.09. The number of rotatable bonds is 10. The van der Waals surface area contributed by atoms with Crippen molar-refractivity contribution in [3.8, 4) is 0 Å². The lowest BCUT2D eigenvalue weighted by atomic mass is 10.1. The summed E-state index contributed by atoms with van der Waals surface area (Å²) in [7, 11) is 0. The molecular formula is C17H34N2. The Labute approximate surface area is 121 Å². The molecule has 19 heavy (non-hydrogen) atoms. The van der Waals surface area contributed by atoms with E-state index in [1.165, 1.54) is 96.7 Å². The van der Waals surface area contributed by atoms with Crippen molar-refractivity contribution >= 4 is 0 Å². The van der Waals surface area contributed by atoms with Crippen molar-refractivity contribution < 1.29 is 4.90 Å². The van der Waals surface area contributed by atoms with Gasteiger partial charge in [-0.3, -0.25) is 0 Å². The molecule has 1 saturated heterocycles. The number of hydrogen-bond donors (Lipinski definition) is 1. The minimum Gasteiger partial charge on any atom is -0.512 e. The molecule has 1 rings (SSSR count). The van der Waals surface area contributed by atoms with Gasteiger partial charge in [0.25, 0.3) is 0 Å². The summed E-state index contributed by atoms with van der Waals surface area (Å²) >= 11 is 0. The smallest absolute Gasteiger partial charge is 0.0770 e. The molecule has 0 saturated carbocycles. The number of quaternary nitrogens is 1. The van der Waals surface area contributed by atoms with Crippen LogP contribution in [0.2, 0.25) is 0 Å². The quantitative estimate of drug-likeness (QED) is 0.474. The third-order valence-corrected chi connectivity index (χ3v) is 4.19. The van der Waals surface area contributed by atoms with Gasteiger partial charge in [0, 0.05) is 0 Å². The Bertz CT molecular complexity index is 183. The normalized spacial score (nSPS) is 15.7. The average Bonchev–Trinajstić information content (AvgIpc) is 2.49. The minimum atomic E-state index is 1.37. The molecule has 112 valence electrons. The molecule has 0 spiro atoms. The van der Waals surface area contributed by atoms with Crippen molar-refractivity contribution in [3.05, 3.63) is 6.57 Å². The van der Waals surface area contributed by atoms with Crippen molar-refractivity contribution in [1.29, 1.82) is 5.26 Å². The van der Waals surface area contributed by atoms with E-state index in [9.17, 15) is 0 Å². The van der Waals surface area contributed by atoms with E-state index < -0.39 is 0 Å². The van der Waals surface area contributed by atoms with Gasteiger partial charge in [-0.25, -0.2) is 0 Å². The molecule has 1 heterocycles. The maximum absolute atomic E-state index is 6.25. The molecule has 0 radical (unpaired) electrons. The first-order valence-electron chi connectivity index (χ1n) is 8.49. The molecule has 1 fully saturated rings. The number of nitrogens with one attached hydrogen (secondary N) is 1. The molecule has 1 N–H and O–H groups in total. The second-order valence-corrected chi connectivity index (χ2v) is 5.89. The van der Waals surface area contributed by atoms with E-state index in [0.717, 1.165) is 0 Å². The lowest BCUT2D eigenvalue weighted by Crippen LogP contribution is -3.12. The molecule has 0 aromatic rings. The molecule has 1 aliphatic rings. The Morgan fingerprint density at radius 3 is 1.74 bits per heavy atom. The molecule has 2 nitrogen and oxygen atoms in total. The van der Waals surface area contributed by atoms with E-state index in [-0.39, 0.29) is 0 Å². The number of piperidine rings is 1. The van der Waals surface area contributed by atoms with Crippen LogP contribution in [0, 0.1) is 11.8 Å². The predicted octanol–water partition coefficient (Wildman–Crippen LogP) is 3.68. The predicted molar refractivity (Wildman–Crippen MR) is 81.6 cm³/mol. The summed E-state index contributed by atoms with van der Waals surface area (Å²) in [5, 5.41) is 6.25. The van der Waals surface area contributed by atoms with Gasteiger partial charge >= 0.3 is 0 Å². The number of hydrogen-bond acceptors (Lipinski definition) is 1. The van der Waals surface area contributed by atoms with Crippen LogP contribution in [0.1, 0.15) is 84.0 Å². The van der Waals surface area contributed by atoms with Crippen LogP contribution in [0.3, 0.4) is 0 Å². The zero-order valence-electron chi connectivity index (χ0n) is 13.1. The van der Waals surface area contributed by atoms with Crippen molar-refractivity contribution in [2.75, 3.05) is 19.6 Å². The van der Waals surface area contributed by atoms with Crippen LogP contribution < -0.4 is 4.90 Å². The third kappa shape index (κ3) is 12.2. The van der Waals surface area contributed by atoms with Gasteiger partial charge in [-0.15, -0.1) is 0 Å². The third-order valence-electron chi connectivity index (χ3n) is 4.19. The Balaban J connectivity index is 0.00000154. The van der Waals surface area contributed by atoms with Crippen LogP contribution in [0.25, 0.3) is 0 Å². The molecule has 0 amide bonds. The molecule has 2 heteroatoms. The first kappa shape index (κ1) is 18.4. The lowest BCUT2D eigenvalue weighted by molar-refractivity contribution is -0.905.